The molecular weight excluding hydrogens is 534 g/mol. The van der Waals surface area contributed by atoms with Gasteiger partial charge in [0.1, 0.15) is 28.1 Å². The number of nitrogens with one attached hydrogen (secondary N) is 2. The Morgan fingerprint density at radius 2 is 1.84 bits per heavy atom. The number of carbonyl (C=O) groups is 2. The number of nitriles is 1. The first-order valence-corrected chi connectivity index (χ1v) is 13.5. The highest BCUT2D eigenvalue weighted by Gasteiger charge is 2.45. The van der Waals surface area contributed by atoms with Gasteiger partial charge in [-0.1, -0.05) is 23.7 Å². The van der Waals surface area contributed by atoms with E-state index in [1.165, 1.54) is 24.3 Å². The number of sulfone groups is 1. The van der Waals surface area contributed by atoms with E-state index in [1.807, 2.05) is 6.07 Å². The number of H-pyrrole nitrogens is 1. The van der Waals surface area contributed by atoms with Crippen molar-refractivity contribution in [3.8, 4) is 6.07 Å². The molecule has 2 aromatic carbocycles. The molecule has 0 aliphatic carbocycles. The molecule has 0 spiro atoms. The van der Waals surface area contributed by atoms with Gasteiger partial charge in [0, 0.05) is 11.3 Å². The van der Waals surface area contributed by atoms with Crippen LogP contribution in [0.1, 0.15) is 17.8 Å². The van der Waals surface area contributed by atoms with Gasteiger partial charge in [-0.2, -0.15) is 5.26 Å². The van der Waals surface area contributed by atoms with Crippen molar-refractivity contribution in [2.75, 3.05) is 16.8 Å². The van der Waals surface area contributed by atoms with Gasteiger partial charge < -0.3 is 15.4 Å². The van der Waals surface area contributed by atoms with Crippen LogP contribution in [-0.4, -0.2) is 57.8 Å². The van der Waals surface area contributed by atoms with Crippen molar-refractivity contribution in [2.45, 2.75) is 12.5 Å². The lowest BCUT2D eigenvalue weighted by Gasteiger charge is -2.21. The molecule has 5 rings (SSSR count). The summed E-state index contributed by atoms with van der Waals surface area (Å²) in [7, 11) is -3.33. The van der Waals surface area contributed by atoms with Gasteiger partial charge in [0.2, 0.25) is 0 Å². The molecule has 13 heteroatoms. The number of nitrogens with zero attached hydrogens (tertiary/aromatic N) is 3. The van der Waals surface area contributed by atoms with E-state index in [0.717, 1.165) is 4.90 Å². The second-order valence-corrected chi connectivity index (χ2v) is 11.3. The van der Waals surface area contributed by atoms with Crippen molar-refractivity contribution in [2.24, 2.45) is 0 Å². The lowest BCUT2D eigenvalue weighted by Crippen LogP contribution is -2.42. The molecule has 192 valence electrons. The molecule has 3 aromatic rings. The third-order valence-electron chi connectivity index (χ3n) is 6.26. The molecule has 1 fully saturated rings. The maximum Gasteiger partial charge on any atom is 0.279 e. The molecule has 1 atom stereocenters. The standard InChI is InChI=1S/C25H18ClN5O6S/c26-19-20(25(35)31(24(19)34)15-9-10-38(36,37)12-15)28-14-7-5-13(6-8-14)21(32)17(11-27)22-29-18-4-2-1-3-16(18)23(33)30-22/h1-8,15,28,32H,9-10,12H2,(H,29,30,33)/b21-17-. The summed E-state index contributed by atoms with van der Waals surface area (Å²) in [6, 6.07) is 13.5. The Morgan fingerprint density at radius 3 is 2.50 bits per heavy atom. The van der Waals surface area contributed by atoms with Crippen molar-refractivity contribution < 1.29 is 23.1 Å². The number of halogens is 1. The highest BCUT2D eigenvalue weighted by molar-refractivity contribution is 7.91. The van der Waals surface area contributed by atoms with Crippen LogP contribution >= 0.6 is 11.6 Å². The summed E-state index contributed by atoms with van der Waals surface area (Å²) in [6.45, 7) is 0. The molecule has 11 nitrogen and oxygen atoms in total. The fourth-order valence-electron chi connectivity index (χ4n) is 4.36. The zero-order valence-corrected chi connectivity index (χ0v) is 21.0. The van der Waals surface area contributed by atoms with Crippen LogP contribution in [0.25, 0.3) is 22.2 Å². The fourth-order valence-corrected chi connectivity index (χ4v) is 6.28. The monoisotopic (exact) mass is 551 g/mol. The van der Waals surface area contributed by atoms with Crippen LogP contribution < -0.4 is 10.9 Å². The SMILES string of the molecule is N#C/C(=C(/O)c1ccc(NC2=C(Cl)C(=O)N(C3CCS(=O)(=O)C3)C2=O)cc1)c1nc2ccccc2c(=O)[nH]1. The summed E-state index contributed by atoms with van der Waals surface area (Å²) < 4.78 is 23.6. The molecular formula is C25H18ClN5O6S. The number of fused-ring (bicyclic) bond motifs is 1. The van der Waals surface area contributed by atoms with Gasteiger partial charge in [-0.05, 0) is 42.8 Å². The van der Waals surface area contributed by atoms with Crippen LogP contribution in [0.15, 0.2) is 64.1 Å². The predicted octanol–water partition coefficient (Wildman–Crippen LogP) is 2.29. The van der Waals surface area contributed by atoms with Crippen LogP contribution in [0.4, 0.5) is 5.69 Å². The number of hydrogen-bond acceptors (Lipinski definition) is 9. The summed E-state index contributed by atoms with van der Waals surface area (Å²) in [4.78, 5) is 45.5. The van der Waals surface area contributed by atoms with Crippen LogP contribution in [-0.2, 0) is 19.4 Å². The molecule has 0 saturated carbocycles. The first kappa shape index (κ1) is 25.2. The number of benzene rings is 2. The maximum absolute atomic E-state index is 12.9. The number of aromatic nitrogens is 2. The zero-order valence-electron chi connectivity index (χ0n) is 19.4. The number of aliphatic hydroxyl groups is 1. The minimum atomic E-state index is -3.33. The van der Waals surface area contributed by atoms with Gasteiger partial charge in [-0.15, -0.1) is 0 Å². The molecule has 0 bridgehead atoms. The normalized spacial score (nSPS) is 19.6. The first-order valence-electron chi connectivity index (χ1n) is 11.3. The van der Waals surface area contributed by atoms with Crippen molar-refractivity contribution >= 4 is 61.2 Å². The minimum absolute atomic E-state index is 0.100. The average molecular weight is 552 g/mol. The summed E-state index contributed by atoms with van der Waals surface area (Å²) in [5, 5.41) is 23.2. The number of rotatable bonds is 5. The van der Waals surface area contributed by atoms with Gasteiger partial charge in [0.05, 0.1) is 28.5 Å². The summed E-state index contributed by atoms with van der Waals surface area (Å²) >= 11 is 6.12. The number of para-hydroxylation sites is 1. The topological polar surface area (TPSA) is 173 Å². The number of allylic oxidation sites excluding steroid dienone is 1. The van der Waals surface area contributed by atoms with Crippen LogP contribution in [0, 0.1) is 11.3 Å². The van der Waals surface area contributed by atoms with Crippen LogP contribution in [0.2, 0.25) is 0 Å². The van der Waals surface area contributed by atoms with E-state index in [-0.39, 0.29) is 45.6 Å². The second kappa shape index (κ2) is 9.44. The number of amides is 2. The first-order chi connectivity index (χ1) is 18.1. The minimum Gasteiger partial charge on any atom is -0.506 e. The van der Waals surface area contributed by atoms with Crippen molar-refractivity contribution in [1.29, 1.82) is 5.26 Å². The molecule has 1 unspecified atom stereocenters. The summed E-state index contributed by atoms with van der Waals surface area (Å²) in [5.74, 6) is -2.45. The molecule has 1 aromatic heterocycles. The Hall–Kier alpha value is -4.47. The molecule has 38 heavy (non-hydrogen) atoms. The number of hydrogen-bond donors (Lipinski definition) is 3. The third kappa shape index (κ3) is 4.42. The number of carbonyl (C=O) groups excluding carboxylic acids is 2. The van der Waals surface area contributed by atoms with Gasteiger partial charge in [0.15, 0.2) is 15.7 Å². The largest absolute Gasteiger partial charge is 0.506 e. The number of imide groups is 1. The van der Waals surface area contributed by atoms with E-state index in [2.05, 4.69) is 15.3 Å². The maximum atomic E-state index is 12.9. The van der Waals surface area contributed by atoms with E-state index < -0.39 is 39.0 Å². The zero-order chi connectivity index (χ0) is 27.2. The summed E-state index contributed by atoms with van der Waals surface area (Å²) in [5.41, 5.74) is 0.0108. The molecule has 2 aliphatic heterocycles. The lowest BCUT2D eigenvalue weighted by atomic mass is 10.1. The van der Waals surface area contributed by atoms with E-state index in [4.69, 9.17) is 11.6 Å². The molecule has 2 aliphatic rings. The fraction of sp³-hybridized carbons (Fsp3) is 0.160. The molecule has 3 N–H and O–H groups in total. The van der Waals surface area contributed by atoms with Crippen LogP contribution in [0.5, 0.6) is 0 Å². The smallest absolute Gasteiger partial charge is 0.279 e. The van der Waals surface area contributed by atoms with Gasteiger partial charge >= 0.3 is 0 Å². The van der Waals surface area contributed by atoms with Crippen molar-refractivity contribution in [3.63, 3.8) is 0 Å². The van der Waals surface area contributed by atoms with Gasteiger partial charge in [-0.25, -0.2) is 13.4 Å². The molecule has 1 saturated heterocycles. The van der Waals surface area contributed by atoms with E-state index in [0.29, 0.717) is 16.6 Å². The number of aromatic amines is 1. The Balaban J connectivity index is 1.40. The number of anilines is 1. The highest BCUT2D eigenvalue weighted by atomic mass is 35.5. The quantitative estimate of drug-likeness (QED) is 0.244. The molecule has 3 heterocycles. The highest BCUT2D eigenvalue weighted by Crippen LogP contribution is 2.31. The van der Waals surface area contributed by atoms with Gasteiger partial charge in [-0.3, -0.25) is 19.3 Å². The average Bonchev–Trinajstić information content (AvgIpc) is 3.35. The Bertz CT molecular complexity index is 1790. The summed E-state index contributed by atoms with van der Waals surface area (Å²) in [6.07, 6.45) is 0.149. The van der Waals surface area contributed by atoms with E-state index in [9.17, 15) is 33.2 Å². The van der Waals surface area contributed by atoms with Crippen LogP contribution in [0.3, 0.4) is 0 Å². The molecule has 2 amide bonds. The predicted molar refractivity (Wildman–Crippen MR) is 139 cm³/mol. The van der Waals surface area contributed by atoms with Crippen molar-refractivity contribution in [1.82, 2.24) is 14.9 Å². The molecule has 0 radical (unpaired) electrons. The Labute approximate surface area is 220 Å². The van der Waals surface area contributed by atoms with E-state index >= 15 is 0 Å². The van der Waals surface area contributed by atoms with Crippen molar-refractivity contribution in [3.05, 3.63) is 81.0 Å². The van der Waals surface area contributed by atoms with E-state index in [1.54, 1.807) is 24.3 Å². The Kier molecular flexibility index (Phi) is 6.26. The second-order valence-electron chi connectivity index (χ2n) is 8.70. The number of aliphatic hydroxyl groups excluding tert-OH is 1. The van der Waals surface area contributed by atoms with Gasteiger partial charge in [0.25, 0.3) is 17.4 Å². The third-order valence-corrected chi connectivity index (χ3v) is 8.36. The Morgan fingerprint density at radius 1 is 1.13 bits per heavy atom. The lowest BCUT2D eigenvalue weighted by molar-refractivity contribution is -0.139.